The molecule has 0 spiro atoms. The second-order valence-corrected chi connectivity index (χ2v) is 8.40. The fourth-order valence-corrected chi connectivity index (χ4v) is 4.45. The van der Waals surface area contributed by atoms with Crippen LogP contribution in [0.3, 0.4) is 0 Å². The number of aryl methyl sites for hydroxylation is 1. The zero-order chi connectivity index (χ0) is 22.8. The highest BCUT2D eigenvalue weighted by molar-refractivity contribution is 5.97. The number of para-hydroxylation sites is 1. The van der Waals surface area contributed by atoms with E-state index < -0.39 is 0 Å². The summed E-state index contributed by atoms with van der Waals surface area (Å²) >= 11 is 0. The number of carbonyl (C=O) groups is 1. The largest absolute Gasteiger partial charge is 0.493 e. The van der Waals surface area contributed by atoms with Gasteiger partial charge in [-0.15, -0.1) is 5.10 Å². The predicted molar refractivity (Wildman–Crippen MR) is 124 cm³/mol. The monoisotopic (exact) mass is 445 g/mol. The number of rotatable bonds is 7. The molecule has 8 heteroatoms. The maximum absolute atomic E-state index is 13.8. The lowest BCUT2D eigenvalue weighted by Gasteiger charge is -2.26. The molecule has 0 saturated carbocycles. The van der Waals surface area contributed by atoms with Gasteiger partial charge in [-0.05, 0) is 67.4 Å². The van der Waals surface area contributed by atoms with Crippen LogP contribution in [0.4, 0.5) is 0 Å². The SMILES string of the molecule is CCOc1ccccc1C(=O)N(Cc1cc2cc(C)ccc2n2nnnc12)C[C@H]1CCCO1. The molecular formula is C25H27N5O3. The van der Waals surface area contributed by atoms with Crippen LogP contribution < -0.4 is 4.74 Å². The Morgan fingerprint density at radius 3 is 2.94 bits per heavy atom. The first-order chi connectivity index (χ1) is 16.1. The van der Waals surface area contributed by atoms with Crippen LogP contribution in [-0.4, -0.2) is 56.7 Å². The lowest BCUT2D eigenvalue weighted by Crippen LogP contribution is -2.37. The van der Waals surface area contributed by atoms with Crippen LogP contribution in [0.25, 0.3) is 16.6 Å². The summed E-state index contributed by atoms with van der Waals surface area (Å²) in [5.74, 6) is 0.496. The fraction of sp³-hybridized carbons (Fsp3) is 0.360. The van der Waals surface area contributed by atoms with Crippen molar-refractivity contribution in [1.29, 1.82) is 0 Å². The van der Waals surface area contributed by atoms with Crippen LogP contribution in [0.1, 0.15) is 41.3 Å². The van der Waals surface area contributed by atoms with Crippen molar-refractivity contribution in [3.63, 3.8) is 0 Å². The van der Waals surface area contributed by atoms with Crippen molar-refractivity contribution in [2.24, 2.45) is 0 Å². The molecule has 1 saturated heterocycles. The van der Waals surface area contributed by atoms with Crippen molar-refractivity contribution >= 4 is 22.5 Å². The van der Waals surface area contributed by atoms with E-state index in [0.717, 1.165) is 41.5 Å². The number of nitrogens with zero attached hydrogens (tertiary/aromatic N) is 5. The van der Waals surface area contributed by atoms with E-state index in [0.29, 0.717) is 36.7 Å². The summed E-state index contributed by atoms with van der Waals surface area (Å²) in [6, 6.07) is 15.6. The highest BCUT2D eigenvalue weighted by atomic mass is 16.5. The highest BCUT2D eigenvalue weighted by Gasteiger charge is 2.26. The molecule has 33 heavy (non-hydrogen) atoms. The number of hydrogen-bond donors (Lipinski definition) is 0. The summed E-state index contributed by atoms with van der Waals surface area (Å²) in [6.45, 7) is 6.06. The molecule has 1 aliphatic rings. The van der Waals surface area contributed by atoms with E-state index in [2.05, 4.69) is 34.6 Å². The van der Waals surface area contributed by atoms with Crippen molar-refractivity contribution in [3.05, 3.63) is 65.2 Å². The van der Waals surface area contributed by atoms with Gasteiger partial charge in [-0.1, -0.05) is 23.8 Å². The van der Waals surface area contributed by atoms with E-state index in [-0.39, 0.29) is 12.0 Å². The van der Waals surface area contributed by atoms with E-state index in [1.807, 2.05) is 48.2 Å². The number of pyridine rings is 1. The Labute approximate surface area is 192 Å². The molecule has 4 aromatic rings. The minimum atomic E-state index is -0.0930. The number of amides is 1. The second-order valence-electron chi connectivity index (χ2n) is 8.40. The molecule has 1 atom stereocenters. The summed E-state index contributed by atoms with van der Waals surface area (Å²) in [5, 5.41) is 13.4. The molecule has 0 unspecified atom stereocenters. The van der Waals surface area contributed by atoms with Gasteiger partial charge in [0.15, 0.2) is 5.65 Å². The summed E-state index contributed by atoms with van der Waals surface area (Å²) < 4.78 is 13.4. The average molecular weight is 446 g/mol. The molecule has 3 heterocycles. The van der Waals surface area contributed by atoms with Gasteiger partial charge in [0.2, 0.25) is 0 Å². The van der Waals surface area contributed by atoms with Gasteiger partial charge < -0.3 is 14.4 Å². The molecule has 1 aliphatic heterocycles. The quantitative estimate of drug-likeness (QED) is 0.430. The van der Waals surface area contributed by atoms with Crippen LogP contribution in [0.15, 0.2) is 48.5 Å². The summed E-state index contributed by atoms with van der Waals surface area (Å²) in [5.41, 5.74) is 4.17. The molecule has 0 bridgehead atoms. The minimum absolute atomic E-state index is 0.0166. The van der Waals surface area contributed by atoms with Crippen LogP contribution in [0.2, 0.25) is 0 Å². The molecule has 170 valence electrons. The molecule has 0 aliphatic carbocycles. The topological polar surface area (TPSA) is 81.9 Å². The first-order valence-electron chi connectivity index (χ1n) is 11.4. The number of benzene rings is 2. The number of tetrazole rings is 1. The fourth-order valence-electron chi connectivity index (χ4n) is 4.45. The van der Waals surface area contributed by atoms with Gasteiger partial charge in [0, 0.05) is 30.6 Å². The summed E-state index contributed by atoms with van der Waals surface area (Å²) in [7, 11) is 0. The molecule has 8 nitrogen and oxygen atoms in total. The summed E-state index contributed by atoms with van der Waals surface area (Å²) in [4.78, 5) is 15.6. The van der Waals surface area contributed by atoms with Crippen LogP contribution in [0, 0.1) is 6.92 Å². The third-order valence-corrected chi connectivity index (χ3v) is 6.01. The summed E-state index contributed by atoms with van der Waals surface area (Å²) in [6.07, 6.45) is 1.97. The van der Waals surface area contributed by atoms with E-state index in [9.17, 15) is 4.79 Å². The van der Waals surface area contributed by atoms with Crippen LogP contribution in [0.5, 0.6) is 5.75 Å². The Bertz CT molecular complexity index is 1300. The first-order valence-corrected chi connectivity index (χ1v) is 11.4. The third kappa shape index (κ3) is 4.26. The van der Waals surface area contributed by atoms with Crippen LogP contribution >= 0.6 is 0 Å². The third-order valence-electron chi connectivity index (χ3n) is 6.01. The zero-order valence-electron chi connectivity index (χ0n) is 18.9. The number of fused-ring (bicyclic) bond motifs is 3. The van der Waals surface area contributed by atoms with E-state index >= 15 is 0 Å². The van der Waals surface area contributed by atoms with E-state index in [4.69, 9.17) is 9.47 Å². The number of hydrogen-bond acceptors (Lipinski definition) is 6. The zero-order valence-corrected chi connectivity index (χ0v) is 18.9. The molecule has 0 radical (unpaired) electrons. The van der Waals surface area contributed by atoms with Gasteiger partial charge in [-0.3, -0.25) is 4.79 Å². The lowest BCUT2D eigenvalue weighted by molar-refractivity contribution is 0.0505. The van der Waals surface area contributed by atoms with Gasteiger partial charge >= 0.3 is 0 Å². The molecule has 2 aromatic carbocycles. The molecule has 0 N–H and O–H groups in total. The molecule has 2 aromatic heterocycles. The number of ether oxygens (including phenoxy) is 2. The van der Waals surface area contributed by atoms with Gasteiger partial charge in [-0.2, -0.15) is 4.52 Å². The molecule has 1 fully saturated rings. The Hall–Kier alpha value is -3.52. The van der Waals surface area contributed by atoms with Crippen molar-refractivity contribution in [3.8, 4) is 5.75 Å². The molecular weight excluding hydrogens is 418 g/mol. The van der Waals surface area contributed by atoms with Crippen molar-refractivity contribution in [1.82, 2.24) is 24.9 Å². The van der Waals surface area contributed by atoms with Crippen LogP contribution in [-0.2, 0) is 11.3 Å². The van der Waals surface area contributed by atoms with Crippen molar-refractivity contribution in [2.75, 3.05) is 19.8 Å². The van der Waals surface area contributed by atoms with E-state index in [1.54, 1.807) is 4.52 Å². The maximum atomic E-state index is 13.8. The Morgan fingerprint density at radius 1 is 1.24 bits per heavy atom. The maximum Gasteiger partial charge on any atom is 0.258 e. The van der Waals surface area contributed by atoms with Gasteiger partial charge in [0.1, 0.15) is 5.75 Å². The predicted octanol–water partition coefficient (Wildman–Crippen LogP) is 3.81. The Kier molecular flexibility index (Phi) is 5.92. The second kappa shape index (κ2) is 9.15. The average Bonchev–Trinajstić information content (AvgIpc) is 3.51. The number of aromatic nitrogens is 4. The smallest absolute Gasteiger partial charge is 0.258 e. The molecule has 5 rings (SSSR count). The number of carbonyl (C=O) groups excluding carboxylic acids is 1. The van der Waals surface area contributed by atoms with Crippen molar-refractivity contribution in [2.45, 2.75) is 39.3 Å². The lowest BCUT2D eigenvalue weighted by atomic mass is 10.1. The first kappa shape index (κ1) is 21.3. The van der Waals surface area contributed by atoms with E-state index in [1.165, 1.54) is 0 Å². The van der Waals surface area contributed by atoms with Crippen molar-refractivity contribution < 1.29 is 14.3 Å². The van der Waals surface area contributed by atoms with Gasteiger partial charge in [0.25, 0.3) is 5.91 Å². The Balaban J connectivity index is 1.55. The van der Waals surface area contributed by atoms with Gasteiger partial charge in [-0.25, -0.2) is 0 Å². The molecule has 1 amide bonds. The van der Waals surface area contributed by atoms with Gasteiger partial charge in [0.05, 0.1) is 23.8 Å². The highest BCUT2D eigenvalue weighted by Crippen LogP contribution is 2.26. The Morgan fingerprint density at radius 2 is 2.12 bits per heavy atom. The standard InChI is InChI=1S/C25H27N5O3/c1-3-32-23-9-5-4-8-21(23)25(31)29(16-20-7-6-12-33-20)15-19-14-18-13-17(2)10-11-22(18)30-24(19)26-27-28-30/h4-5,8-11,13-14,20H,3,6-7,12,15-16H2,1-2H3/t20-/m1/s1. The minimum Gasteiger partial charge on any atom is -0.493 e. The normalized spacial score (nSPS) is 15.9.